The quantitative estimate of drug-likeness (QED) is 0.574. The van der Waals surface area contributed by atoms with Gasteiger partial charge in [-0.05, 0) is 35.9 Å². The van der Waals surface area contributed by atoms with E-state index < -0.39 is 26.8 Å². The normalized spacial score (nSPS) is 17.4. The summed E-state index contributed by atoms with van der Waals surface area (Å²) < 4.78 is 52.2. The van der Waals surface area contributed by atoms with Gasteiger partial charge in [0, 0.05) is 12.0 Å². The number of fused-ring (bicyclic) bond motifs is 1. The second kappa shape index (κ2) is 8.63. The highest BCUT2D eigenvalue weighted by Gasteiger charge is 2.39. The predicted octanol–water partition coefficient (Wildman–Crippen LogP) is 4.29. The lowest BCUT2D eigenvalue weighted by Crippen LogP contribution is -2.30. The maximum absolute atomic E-state index is 14.3. The number of halogens is 1. The van der Waals surface area contributed by atoms with E-state index in [9.17, 15) is 17.6 Å². The largest absolute Gasteiger partial charge is 0.493 e. The van der Waals surface area contributed by atoms with E-state index in [4.69, 9.17) is 9.47 Å². The molecule has 1 heterocycles. The van der Waals surface area contributed by atoms with E-state index >= 15 is 0 Å². The lowest BCUT2D eigenvalue weighted by Gasteiger charge is -2.22. The first-order chi connectivity index (χ1) is 15.4. The Hall–Kier alpha value is -3.39. The van der Waals surface area contributed by atoms with Crippen LogP contribution in [-0.2, 0) is 21.2 Å². The molecule has 4 rings (SSSR count). The minimum absolute atomic E-state index is 0.0296. The number of ether oxygens (including phenoxy) is 2. The Balaban J connectivity index is 1.84. The van der Waals surface area contributed by atoms with Gasteiger partial charge in [0.1, 0.15) is 5.82 Å². The van der Waals surface area contributed by atoms with Gasteiger partial charge in [0.05, 0.1) is 36.6 Å². The van der Waals surface area contributed by atoms with Crippen LogP contribution < -0.4 is 14.4 Å². The van der Waals surface area contributed by atoms with Gasteiger partial charge in [-0.1, -0.05) is 36.4 Å². The third kappa shape index (κ3) is 3.82. The molecule has 0 spiro atoms. The van der Waals surface area contributed by atoms with E-state index in [0.29, 0.717) is 22.6 Å². The number of anilines is 1. The molecule has 3 aromatic rings. The Morgan fingerprint density at radius 3 is 2.38 bits per heavy atom. The van der Waals surface area contributed by atoms with Gasteiger partial charge in [0.25, 0.3) is 0 Å². The third-order valence-electron chi connectivity index (χ3n) is 5.56. The SMILES string of the molecule is COc1ccc([C@@H]2CC(=O)N(Cc3ccccc3F)c3ccccc3S2(=O)=O)cc1OC. The van der Waals surface area contributed by atoms with E-state index in [-0.39, 0.29) is 23.5 Å². The number of carbonyl (C=O) groups is 1. The standard InChI is InChI=1S/C24H22FNO5S/c1-30-20-12-11-16(13-21(20)31-2)23-14-24(27)26(15-17-7-3-4-8-18(17)25)19-9-5-6-10-22(19)32(23,28)29/h3-13,23H,14-15H2,1-2H3/t23-/m0/s1. The molecule has 32 heavy (non-hydrogen) atoms. The monoisotopic (exact) mass is 455 g/mol. The van der Waals surface area contributed by atoms with Crippen LogP contribution in [0.5, 0.6) is 11.5 Å². The van der Waals surface area contributed by atoms with E-state index in [1.165, 1.54) is 31.3 Å². The molecule has 0 unspecified atom stereocenters. The van der Waals surface area contributed by atoms with Crippen LogP contribution in [0.2, 0.25) is 0 Å². The first-order valence-electron chi connectivity index (χ1n) is 9.95. The molecule has 0 aromatic heterocycles. The third-order valence-corrected chi connectivity index (χ3v) is 7.71. The molecule has 1 aliphatic rings. The Labute approximate surface area is 186 Å². The first kappa shape index (κ1) is 21.8. The molecule has 0 saturated carbocycles. The molecule has 166 valence electrons. The van der Waals surface area contributed by atoms with Crippen molar-refractivity contribution >= 4 is 21.4 Å². The average molecular weight is 456 g/mol. The van der Waals surface area contributed by atoms with E-state index in [1.807, 2.05) is 0 Å². The van der Waals surface area contributed by atoms with Crippen LogP contribution in [0.4, 0.5) is 10.1 Å². The molecule has 0 radical (unpaired) electrons. The minimum atomic E-state index is -3.94. The summed E-state index contributed by atoms with van der Waals surface area (Å²) in [5.74, 6) is -0.0496. The number of nitrogens with zero attached hydrogens (tertiary/aromatic N) is 1. The molecule has 8 heteroatoms. The number of sulfone groups is 1. The predicted molar refractivity (Wildman–Crippen MR) is 118 cm³/mol. The molecule has 0 aliphatic carbocycles. The van der Waals surface area contributed by atoms with Gasteiger partial charge in [0.2, 0.25) is 5.91 Å². The lowest BCUT2D eigenvalue weighted by molar-refractivity contribution is -0.118. The highest BCUT2D eigenvalue weighted by atomic mass is 32.2. The van der Waals surface area contributed by atoms with Crippen molar-refractivity contribution in [2.24, 2.45) is 0 Å². The topological polar surface area (TPSA) is 72.9 Å². The van der Waals surface area contributed by atoms with Crippen molar-refractivity contribution in [1.82, 2.24) is 0 Å². The van der Waals surface area contributed by atoms with Gasteiger partial charge in [-0.3, -0.25) is 4.79 Å². The Kier molecular flexibility index (Phi) is 5.88. The van der Waals surface area contributed by atoms with Crippen LogP contribution in [0.25, 0.3) is 0 Å². The summed E-state index contributed by atoms with van der Waals surface area (Å²) in [5.41, 5.74) is 0.958. The van der Waals surface area contributed by atoms with Crippen molar-refractivity contribution in [3.8, 4) is 11.5 Å². The van der Waals surface area contributed by atoms with Crippen molar-refractivity contribution in [1.29, 1.82) is 0 Å². The van der Waals surface area contributed by atoms with Gasteiger partial charge in [-0.25, -0.2) is 12.8 Å². The smallest absolute Gasteiger partial charge is 0.229 e. The summed E-state index contributed by atoms with van der Waals surface area (Å²) in [4.78, 5) is 14.7. The number of carbonyl (C=O) groups excluding carboxylic acids is 1. The fourth-order valence-electron chi connectivity index (χ4n) is 3.91. The van der Waals surface area contributed by atoms with E-state index in [2.05, 4.69) is 0 Å². The maximum atomic E-state index is 14.3. The van der Waals surface area contributed by atoms with Crippen molar-refractivity contribution in [3.63, 3.8) is 0 Å². The second-order valence-electron chi connectivity index (χ2n) is 7.39. The van der Waals surface area contributed by atoms with Crippen LogP contribution in [-0.4, -0.2) is 28.5 Å². The maximum Gasteiger partial charge on any atom is 0.229 e. The summed E-state index contributed by atoms with van der Waals surface area (Å²) in [6.45, 7) is -0.0727. The highest BCUT2D eigenvalue weighted by Crippen LogP contribution is 2.43. The van der Waals surface area contributed by atoms with Crippen molar-refractivity contribution < 1.29 is 27.1 Å². The van der Waals surface area contributed by atoms with Gasteiger partial charge in [-0.2, -0.15) is 0 Å². The van der Waals surface area contributed by atoms with E-state index in [1.54, 1.807) is 54.6 Å². The molecular formula is C24H22FNO5S. The number of amides is 1. The van der Waals surface area contributed by atoms with Crippen LogP contribution >= 0.6 is 0 Å². The number of para-hydroxylation sites is 1. The second-order valence-corrected chi connectivity index (χ2v) is 9.49. The zero-order valence-electron chi connectivity index (χ0n) is 17.6. The lowest BCUT2D eigenvalue weighted by atomic mass is 10.1. The molecule has 6 nitrogen and oxygen atoms in total. The number of hydrogen-bond donors (Lipinski definition) is 0. The summed E-state index contributed by atoms with van der Waals surface area (Å²) in [7, 11) is -0.993. The van der Waals surface area contributed by atoms with Gasteiger partial charge in [0.15, 0.2) is 21.3 Å². The van der Waals surface area contributed by atoms with Crippen molar-refractivity contribution in [2.75, 3.05) is 19.1 Å². The molecule has 1 amide bonds. The average Bonchev–Trinajstić information content (AvgIpc) is 2.88. The van der Waals surface area contributed by atoms with Crippen LogP contribution in [0.15, 0.2) is 71.6 Å². The summed E-state index contributed by atoms with van der Waals surface area (Å²) in [5, 5.41) is -1.12. The molecule has 1 atom stereocenters. The zero-order valence-corrected chi connectivity index (χ0v) is 18.4. The number of benzene rings is 3. The van der Waals surface area contributed by atoms with Crippen molar-refractivity contribution in [2.45, 2.75) is 23.1 Å². The minimum Gasteiger partial charge on any atom is -0.493 e. The molecular weight excluding hydrogens is 433 g/mol. The Bertz CT molecular complexity index is 1270. The van der Waals surface area contributed by atoms with Gasteiger partial charge >= 0.3 is 0 Å². The van der Waals surface area contributed by atoms with E-state index in [0.717, 1.165) is 0 Å². The van der Waals surface area contributed by atoms with Crippen LogP contribution in [0.1, 0.15) is 22.8 Å². The fourth-order valence-corrected chi connectivity index (χ4v) is 5.82. The summed E-state index contributed by atoms with van der Waals surface area (Å²) >= 11 is 0. The van der Waals surface area contributed by atoms with Crippen molar-refractivity contribution in [3.05, 3.63) is 83.7 Å². The number of methoxy groups -OCH3 is 2. The summed E-state index contributed by atoms with van der Waals surface area (Å²) in [6.07, 6.45) is -0.291. The number of hydrogen-bond acceptors (Lipinski definition) is 5. The summed E-state index contributed by atoms with van der Waals surface area (Å²) in [6, 6.07) is 17.3. The highest BCUT2D eigenvalue weighted by molar-refractivity contribution is 7.92. The molecule has 1 aliphatic heterocycles. The number of rotatable bonds is 5. The molecule has 0 bridgehead atoms. The molecule has 0 fully saturated rings. The molecule has 3 aromatic carbocycles. The fraction of sp³-hybridized carbons (Fsp3) is 0.208. The van der Waals surface area contributed by atoms with Gasteiger partial charge < -0.3 is 14.4 Å². The van der Waals surface area contributed by atoms with Crippen LogP contribution in [0, 0.1) is 5.82 Å². The van der Waals surface area contributed by atoms with Gasteiger partial charge in [-0.15, -0.1) is 0 Å². The first-order valence-corrected chi connectivity index (χ1v) is 11.5. The Morgan fingerprint density at radius 1 is 0.969 bits per heavy atom. The Morgan fingerprint density at radius 2 is 1.66 bits per heavy atom. The molecule has 0 N–H and O–H groups in total. The zero-order chi connectivity index (χ0) is 22.9. The van der Waals surface area contributed by atoms with Crippen LogP contribution in [0.3, 0.4) is 0 Å². The molecule has 0 saturated heterocycles.